The van der Waals surface area contributed by atoms with Crippen molar-refractivity contribution in [3.8, 4) is 0 Å². The summed E-state index contributed by atoms with van der Waals surface area (Å²) in [6.45, 7) is 11.8. The van der Waals surface area contributed by atoms with E-state index < -0.39 is 6.04 Å². The van der Waals surface area contributed by atoms with Crippen molar-refractivity contribution in [1.29, 1.82) is 0 Å². The van der Waals surface area contributed by atoms with Gasteiger partial charge in [-0.05, 0) is 37.3 Å². The first-order chi connectivity index (χ1) is 11.8. The summed E-state index contributed by atoms with van der Waals surface area (Å²) in [5.74, 6) is 0.347. The highest BCUT2D eigenvalue weighted by atomic mass is 35.5. The number of ether oxygens (including phenoxy) is 1. The van der Waals surface area contributed by atoms with Crippen molar-refractivity contribution in [1.82, 2.24) is 10.2 Å². The van der Waals surface area contributed by atoms with Gasteiger partial charge in [0, 0.05) is 26.2 Å². The molecular weight excluding hydrogens is 385 g/mol. The van der Waals surface area contributed by atoms with Crippen LogP contribution in [-0.4, -0.2) is 42.1 Å². The van der Waals surface area contributed by atoms with E-state index in [1.165, 1.54) is 5.56 Å². The number of carbonyl (C=O) groups is 1. The molecule has 0 aromatic heterocycles. The lowest BCUT2D eigenvalue weighted by molar-refractivity contribution is -0.122. The quantitative estimate of drug-likeness (QED) is 0.711. The van der Waals surface area contributed by atoms with E-state index in [0.29, 0.717) is 18.9 Å². The molecule has 156 valence electrons. The average Bonchev–Trinajstić information content (AvgIpc) is 2.52. The first-order valence-corrected chi connectivity index (χ1v) is 9.32. The summed E-state index contributed by atoms with van der Waals surface area (Å²) in [5.41, 5.74) is 8.29. The third kappa shape index (κ3) is 9.26. The van der Waals surface area contributed by atoms with Crippen LogP contribution in [0, 0.1) is 5.92 Å². The molecule has 1 aromatic carbocycles. The molecule has 0 radical (unpaired) electrons. The van der Waals surface area contributed by atoms with Gasteiger partial charge in [0.15, 0.2) is 0 Å². The van der Waals surface area contributed by atoms with E-state index in [2.05, 4.69) is 62.2 Å². The van der Waals surface area contributed by atoms with E-state index in [-0.39, 0.29) is 42.9 Å². The van der Waals surface area contributed by atoms with Gasteiger partial charge in [0.05, 0.1) is 18.2 Å². The number of nitrogens with one attached hydrogen (secondary N) is 1. The Bertz CT molecular complexity index is 545. The molecule has 5 nitrogen and oxygen atoms in total. The van der Waals surface area contributed by atoms with Crippen LogP contribution in [0.5, 0.6) is 0 Å². The van der Waals surface area contributed by atoms with Gasteiger partial charge in [-0.25, -0.2) is 0 Å². The number of hydrogen-bond donors (Lipinski definition) is 2. The fourth-order valence-corrected chi connectivity index (χ4v) is 3.37. The standard InChI is InChI=1S/C20H33N3O2.2ClH/c1-14(2)9-19(21)20(24)22-10-17-5-7-18(8-6-17)13-23-11-15(3)25-16(4)12-23;;/h5-8,14-16,19H,9-13,21H2,1-4H3,(H,22,24);2*1H/t15?,16?,19-;;/m0../s1. The Hall–Kier alpha value is -0.850. The van der Waals surface area contributed by atoms with Crippen molar-refractivity contribution in [2.45, 2.75) is 65.5 Å². The molecule has 2 rings (SSSR count). The number of benzene rings is 1. The van der Waals surface area contributed by atoms with E-state index in [9.17, 15) is 4.79 Å². The Morgan fingerprint density at radius 2 is 1.67 bits per heavy atom. The van der Waals surface area contributed by atoms with Crippen LogP contribution in [0.15, 0.2) is 24.3 Å². The molecule has 27 heavy (non-hydrogen) atoms. The van der Waals surface area contributed by atoms with Gasteiger partial charge < -0.3 is 15.8 Å². The number of nitrogens with zero attached hydrogens (tertiary/aromatic N) is 1. The number of carbonyl (C=O) groups excluding carboxylic acids is 1. The van der Waals surface area contributed by atoms with Crippen LogP contribution in [0.4, 0.5) is 0 Å². The second-order valence-electron chi connectivity index (χ2n) is 7.72. The van der Waals surface area contributed by atoms with Crippen LogP contribution in [-0.2, 0) is 22.6 Å². The maximum absolute atomic E-state index is 12.0. The number of rotatable bonds is 7. The molecule has 0 spiro atoms. The van der Waals surface area contributed by atoms with Gasteiger partial charge in [0.2, 0.25) is 5.91 Å². The summed E-state index contributed by atoms with van der Waals surface area (Å²) in [7, 11) is 0. The molecule has 1 amide bonds. The summed E-state index contributed by atoms with van der Waals surface area (Å²) in [6.07, 6.45) is 1.28. The SMILES string of the molecule is CC(C)C[C@H](N)C(=O)NCc1ccc(CN2CC(C)OC(C)C2)cc1.Cl.Cl. The number of amides is 1. The third-order valence-corrected chi connectivity index (χ3v) is 4.45. The molecule has 0 aliphatic carbocycles. The zero-order valence-corrected chi connectivity index (χ0v) is 18.4. The molecule has 1 aliphatic rings. The third-order valence-electron chi connectivity index (χ3n) is 4.45. The van der Waals surface area contributed by atoms with E-state index in [4.69, 9.17) is 10.5 Å². The minimum Gasteiger partial charge on any atom is -0.373 e. The molecular formula is C20H35Cl2N3O2. The highest BCUT2D eigenvalue weighted by Crippen LogP contribution is 2.15. The van der Waals surface area contributed by atoms with Crippen molar-refractivity contribution < 1.29 is 9.53 Å². The Balaban J connectivity index is 0.00000338. The van der Waals surface area contributed by atoms with Crippen LogP contribution in [0.3, 0.4) is 0 Å². The van der Waals surface area contributed by atoms with Crippen LogP contribution < -0.4 is 11.1 Å². The molecule has 2 unspecified atom stereocenters. The zero-order valence-electron chi connectivity index (χ0n) is 16.8. The molecule has 3 N–H and O–H groups in total. The smallest absolute Gasteiger partial charge is 0.237 e. The van der Waals surface area contributed by atoms with Gasteiger partial charge in [-0.15, -0.1) is 24.8 Å². The number of halogens is 2. The topological polar surface area (TPSA) is 67.6 Å². The second kappa shape index (κ2) is 12.6. The van der Waals surface area contributed by atoms with Crippen molar-refractivity contribution >= 4 is 30.7 Å². The van der Waals surface area contributed by atoms with E-state index in [1.54, 1.807) is 0 Å². The molecule has 1 fully saturated rings. The predicted octanol–water partition coefficient (Wildman–Crippen LogP) is 3.13. The maximum atomic E-state index is 12.0. The highest BCUT2D eigenvalue weighted by molar-refractivity contribution is 5.85. The monoisotopic (exact) mass is 419 g/mol. The van der Waals surface area contributed by atoms with E-state index in [0.717, 1.165) is 25.2 Å². The fraction of sp³-hybridized carbons (Fsp3) is 0.650. The lowest BCUT2D eigenvalue weighted by Crippen LogP contribution is -2.44. The second-order valence-corrected chi connectivity index (χ2v) is 7.72. The van der Waals surface area contributed by atoms with Gasteiger partial charge in [0.25, 0.3) is 0 Å². The molecule has 7 heteroatoms. The lowest BCUT2D eigenvalue weighted by atomic mass is 10.0. The van der Waals surface area contributed by atoms with Crippen LogP contribution in [0.2, 0.25) is 0 Å². The van der Waals surface area contributed by atoms with Crippen LogP contribution >= 0.6 is 24.8 Å². The number of hydrogen-bond acceptors (Lipinski definition) is 4. The van der Waals surface area contributed by atoms with Crippen LogP contribution in [0.1, 0.15) is 45.2 Å². The Labute approximate surface area is 176 Å². The minimum absolute atomic E-state index is 0. The summed E-state index contributed by atoms with van der Waals surface area (Å²) < 4.78 is 5.78. The Morgan fingerprint density at radius 3 is 2.19 bits per heavy atom. The molecule has 1 aliphatic heterocycles. The summed E-state index contributed by atoms with van der Waals surface area (Å²) in [5, 5.41) is 2.93. The van der Waals surface area contributed by atoms with Gasteiger partial charge in [-0.3, -0.25) is 9.69 Å². The molecule has 3 atom stereocenters. The Kier molecular flexibility index (Phi) is 12.2. The number of morpholine rings is 1. The highest BCUT2D eigenvalue weighted by Gasteiger charge is 2.22. The summed E-state index contributed by atoms with van der Waals surface area (Å²) in [4.78, 5) is 14.4. The Morgan fingerprint density at radius 1 is 1.15 bits per heavy atom. The van der Waals surface area contributed by atoms with E-state index >= 15 is 0 Å². The zero-order chi connectivity index (χ0) is 18.4. The maximum Gasteiger partial charge on any atom is 0.237 e. The largest absolute Gasteiger partial charge is 0.373 e. The van der Waals surface area contributed by atoms with Gasteiger partial charge in [0.1, 0.15) is 0 Å². The molecule has 1 aromatic rings. The normalized spacial score (nSPS) is 21.1. The van der Waals surface area contributed by atoms with Gasteiger partial charge in [-0.2, -0.15) is 0 Å². The average molecular weight is 420 g/mol. The molecule has 1 heterocycles. The fourth-order valence-electron chi connectivity index (χ4n) is 3.37. The molecule has 0 saturated carbocycles. The van der Waals surface area contributed by atoms with Crippen molar-refractivity contribution in [3.63, 3.8) is 0 Å². The van der Waals surface area contributed by atoms with Crippen molar-refractivity contribution in [2.24, 2.45) is 11.7 Å². The molecule has 1 saturated heterocycles. The lowest BCUT2D eigenvalue weighted by Gasteiger charge is -2.35. The first kappa shape index (κ1) is 26.1. The number of nitrogens with two attached hydrogens (primary N) is 1. The predicted molar refractivity (Wildman–Crippen MR) is 116 cm³/mol. The van der Waals surface area contributed by atoms with Crippen molar-refractivity contribution in [3.05, 3.63) is 35.4 Å². The molecule has 0 bridgehead atoms. The van der Waals surface area contributed by atoms with Crippen molar-refractivity contribution in [2.75, 3.05) is 13.1 Å². The van der Waals surface area contributed by atoms with Gasteiger partial charge >= 0.3 is 0 Å². The summed E-state index contributed by atoms with van der Waals surface area (Å²) in [6, 6.07) is 8.01. The summed E-state index contributed by atoms with van der Waals surface area (Å²) >= 11 is 0. The minimum atomic E-state index is -0.426. The van der Waals surface area contributed by atoms with Crippen LogP contribution in [0.25, 0.3) is 0 Å². The van der Waals surface area contributed by atoms with Gasteiger partial charge in [-0.1, -0.05) is 38.1 Å². The van der Waals surface area contributed by atoms with E-state index in [1.807, 2.05) is 0 Å². The first-order valence-electron chi connectivity index (χ1n) is 9.32.